The molecule has 0 spiro atoms. The topological polar surface area (TPSA) is 57.4 Å². The number of halogens is 1. The van der Waals surface area contributed by atoms with E-state index in [1.807, 2.05) is 26.0 Å². The largest absolute Gasteiger partial charge is 0.342 e. The number of nitrogens with one attached hydrogen (secondary N) is 2. The highest BCUT2D eigenvalue weighted by molar-refractivity contribution is 7.25. The number of aryl methyl sites for hydroxylation is 2. The Morgan fingerprint density at radius 1 is 0.833 bits per heavy atom. The molecule has 0 fully saturated rings. The van der Waals surface area contributed by atoms with Gasteiger partial charge in [-0.05, 0) is 55.3 Å². The van der Waals surface area contributed by atoms with Crippen LogP contribution in [-0.4, -0.2) is 19.9 Å². The van der Waals surface area contributed by atoms with Crippen LogP contribution in [0, 0.1) is 19.7 Å². The average Bonchev–Trinajstić information content (AvgIpc) is 3.40. The van der Waals surface area contributed by atoms with Gasteiger partial charge in [0.25, 0.3) is 0 Å². The van der Waals surface area contributed by atoms with Gasteiger partial charge in [-0.1, -0.05) is 18.2 Å². The summed E-state index contributed by atoms with van der Waals surface area (Å²) in [4.78, 5) is 15.1. The molecule has 6 aromatic rings. The highest BCUT2D eigenvalue weighted by Crippen LogP contribution is 2.38. The number of thiophene rings is 1. The van der Waals surface area contributed by atoms with Crippen molar-refractivity contribution in [2.75, 3.05) is 0 Å². The van der Waals surface area contributed by atoms with Crippen LogP contribution >= 0.6 is 11.3 Å². The monoisotopic (exact) mass is 412 g/mol. The smallest absolute Gasteiger partial charge is 0.133 e. The predicted octanol–water partition coefficient (Wildman–Crippen LogP) is 6.74. The molecule has 0 saturated carbocycles. The van der Waals surface area contributed by atoms with Crippen LogP contribution in [0.15, 0.2) is 54.7 Å². The average molecular weight is 412 g/mol. The third-order valence-electron chi connectivity index (χ3n) is 5.49. The summed E-state index contributed by atoms with van der Waals surface area (Å²) < 4.78 is 17.2. The number of H-pyrrole nitrogens is 2. The summed E-state index contributed by atoms with van der Waals surface area (Å²) in [6.07, 6.45) is 1.66. The molecule has 146 valence electrons. The summed E-state index contributed by atoms with van der Waals surface area (Å²) in [5, 5.41) is 2.42. The lowest BCUT2D eigenvalue weighted by molar-refractivity contribution is 0.631. The van der Waals surface area contributed by atoms with Gasteiger partial charge >= 0.3 is 0 Å². The first-order chi connectivity index (χ1) is 14.5. The molecule has 6 rings (SSSR count). The third-order valence-corrected chi connectivity index (χ3v) is 6.60. The molecule has 0 bridgehead atoms. The highest BCUT2D eigenvalue weighted by atomic mass is 32.1. The van der Waals surface area contributed by atoms with Gasteiger partial charge < -0.3 is 9.97 Å². The molecular formula is C24H17FN4S. The first kappa shape index (κ1) is 17.4. The first-order valence-electron chi connectivity index (χ1n) is 9.70. The van der Waals surface area contributed by atoms with Crippen molar-refractivity contribution >= 4 is 42.5 Å². The molecule has 0 aliphatic carbocycles. The Morgan fingerprint density at radius 2 is 1.63 bits per heavy atom. The van der Waals surface area contributed by atoms with Crippen LogP contribution < -0.4 is 0 Å². The van der Waals surface area contributed by atoms with Crippen molar-refractivity contribution in [2.24, 2.45) is 0 Å². The SMILES string of the molecule is Cc1ncc(-c2ccc(-c3ccc4c(c3)sc3cc5nc(C)[nH]c5cc34)cc2F)[nH]1. The number of benzene rings is 3. The standard InChI is InChI=1S/C24H17FN4S/c1-12-26-11-22(27-12)17-6-4-14(7-19(17)25)15-3-5-16-18-9-20-21(29-13(2)28-20)10-24(18)30-23(16)8-15/h3-11H,1-2H3,(H,26,27)(H,28,29). The Kier molecular flexibility index (Phi) is 3.61. The van der Waals surface area contributed by atoms with Crippen molar-refractivity contribution in [3.63, 3.8) is 0 Å². The molecule has 0 saturated heterocycles. The molecule has 0 atom stereocenters. The fraction of sp³-hybridized carbons (Fsp3) is 0.0833. The molecule has 0 radical (unpaired) electrons. The summed E-state index contributed by atoms with van der Waals surface area (Å²) in [6.45, 7) is 3.82. The highest BCUT2D eigenvalue weighted by Gasteiger charge is 2.12. The fourth-order valence-electron chi connectivity index (χ4n) is 4.06. The van der Waals surface area contributed by atoms with Gasteiger partial charge in [0.15, 0.2) is 0 Å². The summed E-state index contributed by atoms with van der Waals surface area (Å²) >= 11 is 1.74. The van der Waals surface area contributed by atoms with E-state index in [0.717, 1.165) is 33.8 Å². The summed E-state index contributed by atoms with van der Waals surface area (Å²) in [6, 6.07) is 16.0. The zero-order valence-corrected chi connectivity index (χ0v) is 17.2. The van der Waals surface area contributed by atoms with Gasteiger partial charge in [-0.3, -0.25) is 0 Å². The van der Waals surface area contributed by atoms with E-state index >= 15 is 0 Å². The van der Waals surface area contributed by atoms with Gasteiger partial charge in [-0.25, -0.2) is 14.4 Å². The number of aromatic nitrogens is 4. The maximum absolute atomic E-state index is 14.8. The molecule has 3 aromatic heterocycles. The fourth-order valence-corrected chi connectivity index (χ4v) is 5.22. The van der Waals surface area contributed by atoms with Crippen LogP contribution in [0.25, 0.3) is 53.6 Å². The van der Waals surface area contributed by atoms with Crippen LogP contribution in [0.3, 0.4) is 0 Å². The second-order valence-electron chi connectivity index (χ2n) is 7.58. The Labute approximate surface area is 175 Å². The molecule has 30 heavy (non-hydrogen) atoms. The van der Waals surface area contributed by atoms with E-state index in [1.54, 1.807) is 23.6 Å². The molecule has 3 heterocycles. The van der Waals surface area contributed by atoms with Crippen molar-refractivity contribution in [3.05, 3.63) is 72.2 Å². The van der Waals surface area contributed by atoms with Gasteiger partial charge in [0, 0.05) is 25.7 Å². The third kappa shape index (κ3) is 2.64. The predicted molar refractivity (Wildman–Crippen MR) is 121 cm³/mol. The molecule has 0 aliphatic rings. The summed E-state index contributed by atoms with van der Waals surface area (Å²) in [5.74, 6) is 1.43. The lowest BCUT2D eigenvalue weighted by atomic mass is 10.0. The number of hydrogen-bond donors (Lipinski definition) is 2. The Balaban J connectivity index is 1.46. The molecule has 0 amide bonds. The van der Waals surface area contributed by atoms with E-state index in [0.29, 0.717) is 11.3 Å². The van der Waals surface area contributed by atoms with Crippen LogP contribution in [0.5, 0.6) is 0 Å². The van der Waals surface area contributed by atoms with Gasteiger partial charge in [-0.15, -0.1) is 11.3 Å². The second kappa shape index (κ2) is 6.24. The van der Waals surface area contributed by atoms with Crippen molar-refractivity contribution in [1.29, 1.82) is 0 Å². The maximum Gasteiger partial charge on any atom is 0.133 e. The molecule has 0 aliphatic heterocycles. The van der Waals surface area contributed by atoms with Crippen LogP contribution in [0.1, 0.15) is 11.6 Å². The lowest BCUT2D eigenvalue weighted by Crippen LogP contribution is -1.87. The second-order valence-corrected chi connectivity index (χ2v) is 8.66. The molecule has 6 heteroatoms. The zero-order valence-electron chi connectivity index (χ0n) is 16.4. The van der Waals surface area contributed by atoms with Crippen molar-refractivity contribution in [3.8, 4) is 22.4 Å². The zero-order chi connectivity index (χ0) is 20.4. The van der Waals surface area contributed by atoms with Crippen LogP contribution in [0.4, 0.5) is 4.39 Å². The maximum atomic E-state index is 14.8. The Bertz CT molecular complexity index is 1590. The van der Waals surface area contributed by atoms with Gasteiger partial charge in [-0.2, -0.15) is 0 Å². The van der Waals surface area contributed by atoms with Gasteiger partial charge in [0.2, 0.25) is 0 Å². The molecule has 2 N–H and O–H groups in total. The number of aromatic amines is 2. The molecular weight excluding hydrogens is 395 g/mol. The Morgan fingerprint density at radius 3 is 2.43 bits per heavy atom. The van der Waals surface area contributed by atoms with Crippen molar-refractivity contribution in [1.82, 2.24) is 19.9 Å². The molecule has 3 aromatic carbocycles. The van der Waals surface area contributed by atoms with Crippen molar-refractivity contribution in [2.45, 2.75) is 13.8 Å². The quantitative estimate of drug-likeness (QED) is 0.331. The minimum Gasteiger partial charge on any atom is -0.342 e. The minimum absolute atomic E-state index is 0.261. The number of nitrogens with zero attached hydrogens (tertiary/aromatic N) is 2. The van der Waals surface area contributed by atoms with E-state index in [-0.39, 0.29) is 5.82 Å². The number of fused-ring (bicyclic) bond motifs is 4. The molecule has 4 nitrogen and oxygen atoms in total. The van der Waals surface area contributed by atoms with E-state index in [9.17, 15) is 4.39 Å². The number of rotatable bonds is 2. The van der Waals surface area contributed by atoms with Gasteiger partial charge in [0.05, 0.1) is 22.9 Å². The Hall–Kier alpha value is -3.51. The van der Waals surface area contributed by atoms with E-state index < -0.39 is 0 Å². The lowest BCUT2D eigenvalue weighted by Gasteiger charge is -2.06. The van der Waals surface area contributed by atoms with Crippen LogP contribution in [-0.2, 0) is 0 Å². The van der Waals surface area contributed by atoms with E-state index in [4.69, 9.17) is 0 Å². The number of imidazole rings is 2. The van der Waals surface area contributed by atoms with Crippen LogP contribution in [0.2, 0.25) is 0 Å². The number of hydrogen-bond acceptors (Lipinski definition) is 3. The molecule has 0 unspecified atom stereocenters. The summed E-state index contributed by atoms with van der Waals surface area (Å²) in [5.41, 5.74) is 5.11. The van der Waals surface area contributed by atoms with Crippen molar-refractivity contribution < 1.29 is 4.39 Å². The first-order valence-corrected chi connectivity index (χ1v) is 10.5. The normalized spacial score (nSPS) is 11.8. The summed E-state index contributed by atoms with van der Waals surface area (Å²) in [7, 11) is 0. The van der Waals surface area contributed by atoms with Gasteiger partial charge in [0.1, 0.15) is 17.5 Å². The minimum atomic E-state index is -0.261. The van der Waals surface area contributed by atoms with E-state index in [1.165, 1.54) is 20.2 Å². The van der Waals surface area contributed by atoms with E-state index in [2.05, 4.69) is 50.3 Å².